The standard InChI is InChI=1S/C22H32BrN5O3/c1-30-18-13-16-17(14-19(18)31-2)26-22(27-21(16)24)15(5-3-4-8-23)6-7-20(29)28-11-9-25-10-12-28/h13-15,25H,3-12H2,1-2H3,(H2,24,26,27). The van der Waals surface area contributed by atoms with E-state index >= 15 is 0 Å². The summed E-state index contributed by atoms with van der Waals surface area (Å²) in [6.07, 6.45) is 4.22. The molecule has 1 atom stereocenters. The lowest BCUT2D eigenvalue weighted by Crippen LogP contribution is -2.46. The summed E-state index contributed by atoms with van der Waals surface area (Å²) in [5, 5.41) is 4.97. The number of hydrogen-bond donors (Lipinski definition) is 2. The van der Waals surface area contributed by atoms with Gasteiger partial charge in [0.05, 0.1) is 19.7 Å². The summed E-state index contributed by atoms with van der Waals surface area (Å²) in [6, 6.07) is 3.64. The molecule has 8 nitrogen and oxygen atoms in total. The van der Waals surface area contributed by atoms with Gasteiger partial charge in [0.15, 0.2) is 11.5 Å². The van der Waals surface area contributed by atoms with Crippen LogP contribution in [0.5, 0.6) is 11.5 Å². The Labute approximate surface area is 192 Å². The fraction of sp³-hybridized carbons (Fsp3) is 0.591. The fourth-order valence-electron chi connectivity index (χ4n) is 3.94. The van der Waals surface area contributed by atoms with Crippen molar-refractivity contribution in [2.75, 3.05) is 51.5 Å². The van der Waals surface area contributed by atoms with Gasteiger partial charge in [0.2, 0.25) is 5.91 Å². The molecule has 1 aliphatic rings. The molecule has 1 unspecified atom stereocenters. The van der Waals surface area contributed by atoms with E-state index in [1.807, 2.05) is 11.0 Å². The smallest absolute Gasteiger partial charge is 0.222 e. The zero-order chi connectivity index (χ0) is 22.2. The number of amides is 1. The summed E-state index contributed by atoms with van der Waals surface area (Å²) < 4.78 is 10.8. The molecule has 3 rings (SSSR count). The van der Waals surface area contributed by atoms with Gasteiger partial charge in [-0.15, -0.1) is 0 Å². The van der Waals surface area contributed by atoms with Crippen molar-refractivity contribution in [2.24, 2.45) is 0 Å². The second-order valence-corrected chi connectivity index (χ2v) is 8.54. The van der Waals surface area contributed by atoms with Gasteiger partial charge in [-0.25, -0.2) is 9.97 Å². The van der Waals surface area contributed by atoms with E-state index in [1.54, 1.807) is 20.3 Å². The van der Waals surface area contributed by atoms with Crippen LogP contribution in [-0.4, -0.2) is 66.5 Å². The number of nitrogen functional groups attached to an aromatic ring is 1. The van der Waals surface area contributed by atoms with Gasteiger partial charge in [-0.1, -0.05) is 22.4 Å². The lowest BCUT2D eigenvalue weighted by atomic mass is 9.95. The third-order valence-corrected chi connectivity index (χ3v) is 6.29. The van der Waals surface area contributed by atoms with Crippen molar-refractivity contribution >= 4 is 38.6 Å². The molecule has 0 saturated carbocycles. The number of aromatic nitrogens is 2. The number of rotatable bonds is 10. The zero-order valence-electron chi connectivity index (χ0n) is 18.3. The molecule has 1 fully saturated rings. The van der Waals surface area contributed by atoms with Gasteiger partial charge in [0, 0.05) is 55.3 Å². The Kier molecular flexibility index (Phi) is 8.71. The highest BCUT2D eigenvalue weighted by atomic mass is 79.9. The Balaban J connectivity index is 1.83. The molecule has 1 aromatic carbocycles. The molecule has 3 N–H and O–H groups in total. The monoisotopic (exact) mass is 493 g/mol. The molecule has 1 aliphatic heterocycles. The maximum atomic E-state index is 12.7. The predicted molar refractivity (Wildman–Crippen MR) is 126 cm³/mol. The number of carbonyl (C=O) groups excluding carboxylic acids is 1. The van der Waals surface area contributed by atoms with Crippen molar-refractivity contribution < 1.29 is 14.3 Å². The molecule has 1 saturated heterocycles. The Morgan fingerprint density at radius 1 is 1.16 bits per heavy atom. The topological polar surface area (TPSA) is 103 Å². The van der Waals surface area contributed by atoms with Crippen molar-refractivity contribution in [3.8, 4) is 11.5 Å². The minimum Gasteiger partial charge on any atom is -0.493 e. The molecule has 0 bridgehead atoms. The van der Waals surface area contributed by atoms with Crippen molar-refractivity contribution in [2.45, 2.75) is 38.0 Å². The van der Waals surface area contributed by atoms with E-state index in [2.05, 4.69) is 26.2 Å². The highest BCUT2D eigenvalue weighted by Gasteiger charge is 2.22. The van der Waals surface area contributed by atoms with Gasteiger partial charge in [-0.2, -0.15) is 0 Å². The van der Waals surface area contributed by atoms with E-state index in [-0.39, 0.29) is 11.8 Å². The third kappa shape index (κ3) is 5.98. The summed E-state index contributed by atoms with van der Waals surface area (Å²) in [6.45, 7) is 3.26. The number of anilines is 1. The van der Waals surface area contributed by atoms with Crippen LogP contribution in [0.1, 0.15) is 43.8 Å². The molecule has 1 aromatic heterocycles. The number of hydrogen-bond acceptors (Lipinski definition) is 7. The molecular formula is C22H32BrN5O3. The first kappa shape index (κ1) is 23.5. The average Bonchev–Trinajstić information content (AvgIpc) is 2.80. The summed E-state index contributed by atoms with van der Waals surface area (Å²) in [7, 11) is 3.18. The van der Waals surface area contributed by atoms with Crippen LogP contribution in [0.3, 0.4) is 0 Å². The first-order chi connectivity index (χ1) is 15.1. The Morgan fingerprint density at radius 2 is 1.87 bits per heavy atom. The minimum absolute atomic E-state index is 0.0747. The van der Waals surface area contributed by atoms with Crippen LogP contribution in [0.2, 0.25) is 0 Å². The molecule has 9 heteroatoms. The van der Waals surface area contributed by atoms with Crippen molar-refractivity contribution in [3.63, 3.8) is 0 Å². The number of alkyl halides is 1. The number of ether oxygens (including phenoxy) is 2. The lowest BCUT2D eigenvalue weighted by Gasteiger charge is -2.28. The molecule has 2 aromatic rings. The number of nitrogens with one attached hydrogen (secondary N) is 1. The quantitative estimate of drug-likeness (QED) is 0.387. The van der Waals surface area contributed by atoms with Gasteiger partial charge >= 0.3 is 0 Å². The van der Waals surface area contributed by atoms with Crippen LogP contribution in [0.25, 0.3) is 10.9 Å². The van der Waals surface area contributed by atoms with Crippen LogP contribution < -0.4 is 20.5 Å². The Hall–Kier alpha value is -2.13. The molecule has 31 heavy (non-hydrogen) atoms. The summed E-state index contributed by atoms with van der Waals surface area (Å²) in [5.41, 5.74) is 7.02. The molecule has 0 radical (unpaired) electrons. The van der Waals surface area contributed by atoms with E-state index in [1.165, 1.54) is 0 Å². The molecule has 0 aliphatic carbocycles. The molecule has 170 valence electrons. The van der Waals surface area contributed by atoms with Gasteiger partial charge in [0.25, 0.3) is 0 Å². The van der Waals surface area contributed by atoms with E-state index in [0.29, 0.717) is 36.0 Å². The van der Waals surface area contributed by atoms with Crippen LogP contribution >= 0.6 is 15.9 Å². The Morgan fingerprint density at radius 3 is 2.55 bits per heavy atom. The summed E-state index contributed by atoms with van der Waals surface area (Å²) >= 11 is 3.50. The summed E-state index contributed by atoms with van der Waals surface area (Å²) in [4.78, 5) is 24.1. The number of methoxy groups -OCH3 is 2. The number of fused-ring (bicyclic) bond motifs is 1. The molecular weight excluding hydrogens is 462 g/mol. The molecule has 2 heterocycles. The van der Waals surface area contributed by atoms with E-state index in [4.69, 9.17) is 20.2 Å². The van der Waals surface area contributed by atoms with Crippen molar-refractivity contribution in [1.82, 2.24) is 20.2 Å². The summed E-state index contributed by atoms with van der Waals surface area (Å²) in [5.74, 6) is 2.58. The number of benzene rings is 1. The van der Waals surface area contributed by atoms with Crippen molar-refractivity contribution in [3.05, 3.63) is 18.0 Å². The maximum Gasteiger partial charge on any atom is 0.222 e. The lowest BCUT2D eigenvalue weighted by molar-refractivity contribution is -0.131. The normalized spacial score (nSPS) is 15.1. The number of nitrogens with two attached hydrogens (primary N) is 1. The highest BCUT2D eigenvalue weighted by Crippen LogP contribution is 2.35. The molecule has 1 amide bonds. The van der Waals surface area contributed by atoms with Crippen molar-refractivity contribution in [1.29, 1.82) is 0 Å². The minimum atomic E-state index is 0.0747. The first-order valence-electron chi connectivity index (χ1n) is 10.8. The molecule has 0 spiro atoms. The predicted octanol–water partition coefficient (Wildman–Crippen LogP) is 3.09. The SMILES string of the molecule is COc1cc2nc(C(CCCCBr)CCC(=O)N3CCNCC3)nc(N)c2cc1OC. The van der Waals surface area contributed by atoms with E-state index in [0.717, 1.165) is 61.7 Å². The highest BCUT2D eigenvalue weighted by molar-refractivity contribution is 9.09. The number of piperazine rings is 1. The number of unbranched alkanes of at least 4 members (excludes halogenated alkanes) is 1. The van der Waals surface area contributed by atoms with Gasteiger partial charge in [0.1, 0.15) is 11.6 Å². The second kappa shape index (κ2) is 11.5. The van der Waals surface area contributed by atoms with Crippen LogP contribution in [0, 0.1) is 0 Å². The number of nitrogens with zero attached hydrogens (tertiary/aromatic N) is 3. The third-order valence-electron chi connectivity index (χ3n) is 5.73. The van der Waals surface area contributed by atoms with E-state index < -0.39 is 0 Å². The van der Waals surface area contributed by atoms with E-state index in [9.17, 15) is 4.79 Å². The first-order valence-corrected chi connectivity index (χ1v) is 11.9. The number of halogens is 1. The fourth-order valence-corrected chi connectivity index (χ4v) is 4.33. The van der Waals surface area contributed by atoms with Gasteiger partial charge < -0.3 is 25.4 Å². The largest absolute Gasteiger partial charge is 0.493 e. The number of carbonyl (C=O) groups is 1. The van der Waals surface area contributed by atoms with Crippen LogP contribution in [0.15, 0.2) is 12.1 Å². The van der Waals surface area contributed by atoms with Gasteiger partial charge in [-0.3, -0.25) is 4.79 Å². The van der Waals surface area contributed by atoms with Gasteiger partial charge in [-0.05, 0) is 25.3 Å². The van der Waals surface area contributed by atoms with Crippen LogP contribution in [0.4, 0.5) is 5.82 Å². The second-order valence-electron chi connectivity index (χ2n) is 7.74. The Bertz CT molecular complexity index is 889. The zero-order valence-corrected chi connectivity index (χ0v) is 19.9. The maximum absolute atomic E-state index is 12.7. The van der Waals surface area contributed by atoms with Crippen LogP contribution in [-0.2, 0) is 4.79 Å². The average molecular weight is 494 g/mol.